The normalized spacial score (nSPS) is 14.5. The minimum absolute atomic E-state index is 0.353. The highest BCUT2D eigenvalue weighted by molar-refractivity contribution is 5.73. The van der Waals surface area contributed by atoms with Crippen molar-refractivity contribution in [2.24, 2.45) is 7.05 Å². The van der Waals surface area contributed by atoms with Gasteiger partial charge in [-0.15, -0.1) is 0 Å². The molecular formula is C25H35N7O. The van der Waals surface area contributed by atoms with Gasteiger partial charge in [-0.2, -0.15) is 5.10 Å². The molecule has 3 N–H and O–H groups in total. The van der Waals surface area contributed by atoms with Gasteiger partial charge in [-0.3, -0.25) is 4.68 Å². The van der Waals surface area contributed by atoms with Gasteiger partial charge in [-0.1, -0.05) is 18.2 Å². The van der Waals surface area contributed by atoms with Gasteiger partial charge in [0, 0.05) is 68.8 Å². The molecule has 1 aromatic carbocycles. The quantitative estimate of drug-likeness (QED) is 0.433. The van der Waals surface area contributed by atoms with E-state index in [1.165, 1.54) is 5.56 Å². The minimum Gasteiger partial charge on any atom is -0.381 e. The van der Waals surface area contributed by atoms with E-state index >= 15 is 0 Å². The Morgan fingerprint density at radius 1 is 1.12 bits per heavy atom. The van der Waals surface area contributed by atoms with Crippen molar-refractivity contribution >= 4 is 5.82 Å². The van der Waals surface area contributed by atoms with Crippen LogP contribution >= 0.6 is 0 Å². The molecule has 1 fully saturated rings. The van der Waals surface area contributed by atoms with Gasteiger partial charge in [0.05, 0.1) is 11.4 Å². The van der Waals surface area contributed by atoms with Crippen molar-refractivity contribution in [1.29, 1.82) is 0 Å². The van der Waals surface area contributed by atoms with Gasteiger partial charge >= 0.3 is 0 Å². The third-order valence-corrected chi connectivity index (χ3v) is 6.04. The van der Waals surface area contributed by atoms with E-state index in [0.717, 1.165) is 85.4 Å². The van der Waals surface area contributed by atoms with E-state index in [1.807, 2.05) is 31.9 Å². The van der Waals surface area contributed by atoms with Crippen molar-refractivity contribution in [2.45, 2.75) is 39.3 Å². The number of anilines is 1. The fourth-order valence-electron chi connectivity index (χ4n) is 4.18. The Hall–Kier alpha value is -2.81. The highest BCUT2D eigenvalue weighted by Crippen LogP contribution is 2.31. The highest BCUT2D eigenvalue weighted by atomic mass is 16.5. The van der Waals surface area contributed by atoms with Crippen molar-refractivity contribution in [3.63, 3.8) is 0 Å². The number of nitrogens with one attached hydrogen (secondary N) is 3. The summed E-state index contributed by atoms with van der Waals surface area (Å²) >= 11 is 0. The maximum Gasteiger partial charge on any atom is 0.162 e. The Kier molecular flexibility index (Phi) is 7.69. The minimum atomic E-state index is 0.353. The number of aryl methyl sites for hydroxylation is 2. The summed E-state index contributed by atoms with van der Waals surface area (Å²) in [4.78, 5) is 10.0. The van der Waals surface area contributed by atoms with Crippen LogP contribution in [-0.2, 0) is 18.3 Å². The first-order valence-electron chi connectivity index (χ1n) is 11.7. The van der Waals surface area contributed by atoms with E-state index in [2.05, 4.69) is 52.2 Å². The maximum absolute atomic E-state index is 5.54. The van der Waals surface area contributed by atoms with Crippen LogP contribution in [-0.4, -0.2) is 59.1 Å². The van der Waals surface area contributed by atoms with Crippen LogP contribution < -0.4 is 16.0 Å². The number of ether oxygens (including phenoxy) is 1. The molecule has 2 aromatic heterocycles. The van der Waals surface area contributed by atoms with Gasteiger partial charge in [0.15, 0.2) is 5.82 Å². The van der Waals surface area contributed by atoms with Crippen LogP contribution in [0.25, 0.3) is 22.6 Å². The predicted molar refractivity (Wildman–Crippen MR) is 132 cm³/mol. The van der Waals surface area contributed by atoms with Gasteiger partial charge < -0.3 is 20.7 Å². The zero-order valence-electron chi connectivity index (χ0n) is 20.1. The predicted octanol–water partition coefficient (Wildman–Crippen LogP) is 3.06. The number of benzene rings is 1. The summed E-state index contributed by atoms with van der Waals surface area (Å²) in [6, 6.07) is 8.83. The van der Waals surface area contributed by atoms with Gasteiger partial charge in [0.25, 0.3) is 0 Å². The zero-order chi connectivity index (χ0) is 23.2. The van der Waals surface area contributed by atoms with Crippen LogP contribution in [0.15, 0.2) is 30.5 Å². The Morgan fingerprint density at radius 2 is 1.94 bits per heavy atom. The van der Waals surface area contributed by atoms with Crippen molar-refractivity contribution in [1.82, 2.24) is 30.4 Å². The number of aromatic nitrogens is 4. The lowest BCUT2D eigenvalue weighted by Gasteiger charge is -2.25. The van der Waals surface area contributed by atoms with Crippen LogP contribution in [0.2, 0.25) is 0 Å². The summed E-state index contributed by atoms with van der Waals surface area (Å²) in [5.74, 6) is 1.62. The molecule has 1 aliphatic heterocycles. The number of hydrogen-bond donors (Lipinski definition) is 3. The van der Waals surface area contributed by atoms with Crippen LogP contribution in [0.5, 0.6) is 0 Å². The van der Waals surface area contributed by atoms with Crippen molar-refractivity contribution < 1.29 is 4.74 Å². The fraction of sp³-hybridized carbons (Fsp3) is 0.480. The molecule has 0 amide bonds. The molecule has 1 aliphatic rings. The summed E-state index contributed by atoms with van der Waals surface area (Å²) in [5.41, 5.74) is 6.21. The Balaban J connectivity index is 1.70. The first-order valence-corrected chi connectivity index (χ1v) is 11.7. The lowest BCUT2D eigenvalue weighted by molar-refractivity contribution is 0.0904. The molecule has 0 bridgehead atoms. The second-order valence-corrected chi connectivity index (χ2v) is 8.68. The van der Waals surface area contributed by atoms with Gasteiger partial charge in [-0.25, -0.2) is 9.97 Å². The average molecular weight is 450 g/mol. The second-order valence-electron chi connectivity index (χ2n) is 8.68. The molecule has 0 unspecified atom stereocenters. The number of hydrogen-bond acceptors (Lipinski definition) is 7. The van der Waals surface area contributed by atoms with E-state index in [0.29, 0.717) is 6.04 Å². The van der Waals surface area contributed by atoms with E-state index < -0.39 is 0 Å². The first-order chi connectivity index (χ1) is 16.0. The first kappa shape index (κ1) is 23.4. The lowest BCUT2D eigenvalue weighted by atomic mass is 10.0. The summed E-state index contributed by atoms with van der Waals surface area (Å²) in [6.45, 7) is 8.36. The second kappa shape index (κ2) is 10.9. The molecule has 8 heteroatoms. The summed E-state index contributed by atoms with van der Waals surface area (Å²) in [7, 11) is 3.91. The Labute approximate surface area is 196 Å². The van der Waals surface area contributed by atoms with Crippen LogP contribution in [0, 0.1) is 13.8 Å². The summed E-state index contributed by atoms with van der Waals surface area (Å²) in [6.07, 6.45) is 4.00. The standard InChI is InChI=1S/C25H35N7O/c1-17-23(22-16-32(4)31-18(22)2)29-25(30-24(17)28-21-8-12-33-13-9-21)20-7-5-6-19(14-20)15-27-11-10-26-3/h5-7,14,16,21,26-27H,8-13,15H2,1-4H3,(H,28,29,30). The monoisotopic (exact) mass is 449 g/mol. The molecule has 8 nitrogen and oxygen atoms in total. The largest absolute Gasteiger partial charge is 0.381 e. The van der Waals surface area contributed by atoms with E-state index in [1.54, 1.807) is 0 Å². The van der Waals surface area contributed by atoms with Crippen LogP contribution in [0.3, 0.4) is 0 Å². The zero-order valence-corrected chi connectivity index (χ0v) is 20.1. The topological polar surface area (TPSA) is 88.9 Å². The van der Waals surface area contributed by atoms with E-state index in [9.17, 15) is 0 Å². The molecule has 3 aromatic rings. The molecule has 3 heterocycles. The van der Waals surface area contributed by atoms with Crippen molar-refractivity contribution in [3.05, 3.63) is 47.3 Å². The molecule has 0 atom stereocenters. The molecule has 0 aliphatic carbocycles. The maximum atomic E-state index is 5.54. The molecular weight excluding hydrogens is 414 g/mol. The molecule has 4 rings (SSSR count). The lowest BCUT2D eigenvalue weighted by Crippen LogP contribution is -2.28. The third kappa shape index (κ3) is 5.76. The number of likely N-dealkylation sites (N-methyl/N-ethyl adjacent to an activating group) is 1. The average Bonchev–Trinajstić information content (AvgIpc) is 3.16. The third-order valence-electron chi connectivity index (χ3n) is 6.04. The Bertz CT molecular complexity index is 1070. The molecule has 1 saturated heterocycles. The summed E-state index contributed by atoms with van der Waals surface area (Å²) < 4.78 is 7.38. The smallest absolute Gasteiger partial charge is 0.162 e. The molecule has 0 spiro atoms. The van der Waals surface area contributed by atoms with Crippen molar-refractivity contribution in [3.8, 4) is 22.6 Å². The number of rotatable bonds is 9. The van der Waals surface area contributed by atoms with Gasteiger partial charge in [0.2, 0.25) is 0 Å². The number of nitrogens with zero attached hydrogens (tertiary/aromatic N) is 4. The molecule has 176 valence electrons. The molecule has 0 radical (unpaired) electrons. The van der Waals surface area contributed by atoms with Gasteiger partial charge in [0.1, 0.15) is 5.82 Å². The molecule has 0 saturated carbocycles. The highest BCUT2D eigenvalue weighted by Gasteiger charge is 2.20. The Morgan fingerprint density at radius 3 is 2.67 bits per heavy atom. The SMILES string of the molecule is CNCCNCc1cccc(-c2nc(NC3CCOCC3)c(C)c(-c3cn(C)nc3C)n2)c1. The molecule has 33 heavy (non-hydrogen) atoms. The van der Waals surface area contributed by atoms with Crippen molar-refractivity contribution in [2.75, 3.05) is 38.7 Å². The van der Waals surface area contributed by atoms with E-state index in [4.69, 9.17) is 14.7 Å². The summed E-state index contributed by atoms with van der Waals surface area (Å²) in [5, 5.41) is 14.9. The van der Waals surface area contributed by atoms with Gasteiger partial charge in [-0.05, 0) is 45.4 Å². The fourth-order valence-corrected chi connectivity index (χ4v) is 4.18. The van der Waals surface area contributed by atoms with Crippen LogP contribution in [0.4, 0.5) is 5.82 Å². The van der Waals surface area contributed by atoms with E-state index in [-0.39, 0.29) is 0 Å². The van der Waals surface area contributed by atoms with Crippen LogP contribution in [0.1, 0.15) is 29.7 Å².